The van der Waals surface area contributed by atoms with Crippen LogP contribution in [-0.4, -0.2) is 52.1 Å². The second kappa shape index (κ2) is 4.86. The van der Waals surface area contributed by atoms with Crippen LogP contribution >= 0.6 is 0 Å². The molecule has 2 heterocycles. The van der Waals surface area contributed by atoms with E-state index in [4.69, 9.17) is 5.73 Å². The largest absolute Gasteiger partial charge is 0.391 e. The van der Waals surface area contributed by atoms with Crippen molar-refractivity contribution in [3.63, 3.8) is 0 Å². The first-order chi connectivity index (χ1) is 10.9. The van der Waals surface area contributed by atoms with Gasteiger partial charge in [-0.05, 0) is 12.8 Å². The molecule has 2 aromatic heterocycles. The van der Waals surface area contributed by atoms with Crippen molar-refractivity contribution < 1.29 is 15.3 Å². The van der Waals surface area contributed by atoms with E-state index >= 15 is 0 Å². The molecular formula is C15H21N5O3. The molecule has 0 aromatic carbocycles. The fourth-order valence-corrected chi connectivity index (χ4v) is 4.24. The summed E-state index contributed by atoms with van der Waals surface area (Å²) in [6.07, 6.45) is 5.36. The van der Waals surface area contributed by atoms with Gasteiger partial charge in [-0.15, -0.1) is 0 Å². The molecule has 4 rings (SSSR count). The average molecular weight is 319 g/mol. The molecule has 2 saturated carbocycles. The maximum atomic E-state index is 11.0. The standard InChI is InChI=1S/C15H21N5O3/c16-12-11-13(18-7-17-12)20(8-19-11)9-5-14(22)3-1-2-4-15(14,23)6-10(9)21/h7-10,21-23H,1-6H2,(H2,16,17,18)/t9-,10-,14+,15+/m0/s1. The lowest BCUT2D eigenvalue weighted by Gasteiger charge is -2.53. The summed E-state index contributed by atoms with van der Waals surface area (Å²) in [7, 11) is 0. The molecular weight excluding hydrogens is 298 g/mol. The Bertz CT molecular complexity index is 750. The van der Waals surface area contributed by atoms with Crippen LogP contribution in [0.5, 0.6) is 0 Å². The van der Waals surface area contributed by atoms with Gasteiger partial charge in [0.05, 0.1) is 29.7 Å². The molecule has 0 bridgehead atoms. The van der Waals surface area contributed by atoms with Crippen LogP contribution in [0, 0.1) is 0 Å². The zero-order valence-electron chi connectivity index (χ0n) is 12.8. The van der Waals surface area contributed by atoms with Gasteiger partial charge in [0.1, 0.15) is 11.8 Å². The molecule has 4 atom stereocenters. The minimum Gasteiger partial charge on any atom is -0.391 e. The van der Waals surface area contributed by atoms with Gasteiger partial charge < -0.3 is 25.6 Å². The molecule has 23 heavy (non-hydrogen) atoms. The van der Waals surface area contributed by atoms with E-state index in [0.29, 0.717) is 24.0 Å². The first-order valence-corrected chi connectivity index (χ1v) is 7.99. The number of imidazole rings is 1. The highest BCUT2D eigenvalue weighted by Gasteiger charge is 2.57. The molecule has 0 spiro atoms. The topological polar surface area (TPSA) is 130 Å². The molecule has 0 unspecified atom stereocenters. The Kier molecular flexibility index (Phi) is 3.13. The van der Waals surface area contributed by atoms with Gasteiger partial charge in [-0.3, -0.25) is 0 Å². The highest BCUT2D eigenvalue weighted by molar-refractivity contribution is 5.81. The van der Waals surface area contributed by atoms with Crippen LogP contribution in [0.25, 0.3) is 11.2 Å². The molecule has 2 aromatic rings. The number of nitrogens with zero attached hydrogens (tertiary/aromatic N) is 4. The van der Waals surface area contributed by atoms with E-state index in [2.05, 4.69) is 15.0 Å². The van der Waals surface area contributed by atoms with Gasteiger partial charge in [-0.1, -0.05) is 12.8 Å². The van der Waals surface area contributed by atoms with Crippen LogP contribution in [0.3, 0.4) is 0 Å². The molecule has 2 aliphatic rings. The van der Waals surface area contributed by atoms with E-state index in [9.17, 15) is 15.3 Å². The molecule has 0 aliphatic heterocycles. The van der Waals surface area contributed by atoms with Gasteiger partial charge in [-0.25, -0.2) is 15.0 Å². The summed E-state index contributed by atoms with van der Waals surface area (Å²) >= 11 is 0. The molecule has 2 aliphatic carbocycles. The van der Waals surface area contributed by atoms with Crippen molar-refractivity contribution in [2.45, 2.75) is 61.9 Å². The van der Waals surface area contributed by atoms with E-state index in [1.807, 2.05) is 0 Å². The lowest BCUT2D eigenvalue weighted by atomic mass is 9.62. The number of hydrogen-bond donors (Lipinski definition) is 4. The summed E-state index contributed by atoms with van der Waals surface area (Å²) in [4.78, 5) is 12.4. The van der Waals surface area contributed by atoms with Crippen molar-refractivity contribution in [3.8, 4) is 0 Å². The molecule has 0 radical (unpaired) electrons. The quantitative estimate of drug-likeness (QED) is 0.588. The number of aliphatic hydroxyl groups is 3. The zero-order valence-corrected chi connectivity index (χ0v) is 12.8. The number of aliphatic hydroxyl groups excluding tert-OH is 1. The Labute approximate surface area is 133 Å². The highest BCUT2D eigenvalue weighted by Crippen LogP contribution is 2.50. The highest BCUT2D eigenvalue weighted by atomic mass is 16.4. The Morgan fingerprint density at radius 3 is 2.52 bits per heavy atom. The van der Waals surface area contributed by atoms with Crippen LogP contribution in [0.15, 0.2) is 12.7 Å². The Morgan fingerprint density at radius 1 is 1.09 bits per heavy atom. The van der Waals surface area contributed by atoms with Crippen molar-refractivity contribution in [2.24, 2.45) is 0 Å². The smallest absolute Gasteiger partial charge is 0.165 e. The minimum atomic E-state index is -1.22. The van der Waals surface area contributed by atoms with Crippen molar-refractivity contribution in [1.82, 2.24) is 19.5 Å². The predicted octanol–water partition coefficient (Wildman–Crippen LogP) is 0.140. The second-order valence-electron chi connectivity index (χ2n) is 6.90. The van der Waals surface area contributed by atoms with Gasteiger partial charge in [0, 0.05) is 12.8 Å². The molecule has 8 nitrogen and oxygen atoms in total. The number of nitrogen functional groups attached to an aromatic ring is 1. The summed E-state index contributed by atoms with van der Waals surface area (Å²) < 4.78 is 1.74. The molecule has 124 valence electrons. The Morgan fingerprint density at radius 2 is 1.78 bits per heavy atom. The summed E-state index contributed by atoms with van der Waals surface area (Å²) in [5.74, 6) is 0.284. The normalized spacial score (nSPS) is 37.7. The van der Waals surface area contributed by atoms with Crippen LogP contribution in [0.2, 0.25) is 0 Å². The number of rotatable bonds is 1. The summed E-state index contributed by atoms with van der Waals surface area (Å²) in [6.45, 7) is 0. The van der Waals surface area contributed by atoms with Crippen LogP contribution in [0.4, 0.5) is 5.82 Å². The minimum absolute atomic E-state index is 0.147. The first kappa shape index (κ1) is 14.8. The van der Waals surface area contributed by atoms with E-state index in [1.165, 1.54) is 6.33 Å². The van der Waals surface area contributed by atoms with E-state index in [-0.39, 0.29) is 18.7 Å². The molecule has 0 amide bonds. The molecule has 0 saturated heterocycles. The summed E-state index contributed by atoms with van der Waals surface area (Å²) in [6, 6.07) is -0.405. The van der Waals surface area contributed by atoms with Gasteiger partial charge in [0.2, 0.25) is 0 Å². The number of nitrogens with two attached hydrogens (primary N) is 1. The average Bonchev–Trinajstić information content (AvgIpc) is 2.93. The van der Waals surface area contributed by atoms with Gasteiger partial charge in [-0.2, -0.15) is 0 Å². The maximum Gasteiger partial charge on any atom is 0.165 e. The predicted molar refractivity (Wildman–Crippen MR) is 82.4 cm³/mol. The Balaban J connectivity index is 1.75. The third kappa shape index (κ3) is 2.05. The van der Waals surface area contributed by atoms with Crippen molar-refractivity contribution in [2.75, 3.05) is 5.73 Å². The second-order valence-corrected chi connectivity index (χ2v) is 6.90. The van der Waals surface area contributed by atoms with Gasteiger partial charge >= 0.3 is 0 Å². The summed E-state index contributed by atoms with van der Waals surface area (Å²) in [5, 5.41) is 32.4. The van der Waals surface area contributed by atoms with Crippen molar-refractivity contribution in [1.29, 1.82) is 0 Å². The monoisotopic (exact) mass is 319 g/mol. The summed E-state index contributed by atoms with van der Waals surface area (Å²) in [5.41, 5.74) is 4.42. The third-order valence-corrected chi connectivity index (χ3v) is 5.58. The lowest BCUT2D eigenvalue weighted by Crippen LogP contribution is -2.63. The van der Waals surface area contributed by atoms with Crippen LogP contribution in [-0.2, 0) is 0 Å². The first-order valence-electron chi connectivity index (χ1n) is 7.99. The number of anilines is 1. The van der Waals surface area contributed by atoms with Gasteiger partial charge in [0.25, 0.3) is 0 Å². The van der Waals surface area contributed by atoms with Gasteiger partial charge in [0.15, 0.2) is 11.5 Å². The molecule has 8 heteroatoms. The maximum absolute atomic E-state index is 11.0. The Hall–Kier alpha value is -1.77. The third-order valence-electron chi connectivity index (χ3n) is 5.58. The number of fused-ring (bicyclic) bond motifs is 2. The lowest BCUT2D eigenvalue weighted by molar-refractivity contribution is -0.224. The van der Waals surface area contributed by atoms with E-state index in [0.717, 1.165) is 12.8 Å². The van der Waals surface area contributed by atoms with Crippen LogP contribution < -0.4 is 5.73 Å². The number of aromatic nitrogens is 4. The van der Waals surface area contributed by atoms with Crippen molar-refractivity contribution >= 4 is 17.0 Å². The fraction of sp³-hybridized carbons (Fsp3) is 0.667. The van der Waals surface area contributed by atoms with E-state index in [1.54, 1.807) is 10.9 Å². The number of hydrogen-bond acceptors (Lipinski definition) is 7. The fourth-order valence-electron chi connectivity index (χ4n) is 4.24. The van der Waals surface area contributed by atoms with Crippen LogP contribution in [0.1, 0.15) is 44.6 Å². The van der Waals surface area contributed by atoms with E-state index < -0.39 is 23.3 Å². The SMILES string of the molecule is Nc1ncnc2c1ncn2[C@H]1C[C@]2(O)CCCC[C@@]2(O)C[C@@H]1O. The van der Waals surface area contributed by atoms with Crippen molar-refractivity contribution in [3.05, 3.63) is 12.7 Å². The zero-order chi connectivity index (χ0) is 16.2. The molecule has 2 fully saturated rings. The molecule has 5 N–H and O–H groups in total.